The summed E-state index contributed by atoms with van der Waals surface area (Å²) in [7, 11) is 1.86. The highest BCUT2D eigenvalue weighted by Crippen LogP contribution is 2.32. The first-order chi connectivity index (χ1) is 10.0. The second-order valence-corrected chi connectivity index (χ2v) is 5.46. The highest BCUT2D eigenvalue weighted by atomic mass is 79.9. The maximum Gasteiger partial charge on any atom is 0.144 e. The highest BCUT2D eigenvalue weighted by Gasteiger charge is 2.12. The van der Waals surface area contributed by atoms with Gasteiger partial charge >= 0.3 is 0 Å². The number of nitrogens with zero attached hydrogens (tertiary/aromatic N) is 1. The smallest absolute Gasteiger partial charge is 0.144 e. The molecule has 0 aliphatic heterocycles. The van der Waals surface area contributed by atoms with Gasteiger partial charge < -0.3 is 10.1 Å². The first-order valence-corrected chi connectivity index (χ1v) is 7.18. The number of hydrogen-bond acceptors (Lipinski definition) is 3. The molecule has 0 aliphatic carbocycles. The van der Waals surface area contributed by atoms with E-state index in [1.807, 2.05) is 32.2 Å². The van der Waals surface area contributed by atoms with Crippen molar-refractivity contribution in [3.8, 4) is 17.6 Å². The van der Waals surface area contributed by atoms with E-state index >= 15 is 0 Å². The molecule has 5 heteroatoms. The van der Waals surface area contributed by atoms with Gasteiger partial charge in [-0.25, -0.2) is 4.39 Å². The van der Waals surface area contributed by atoms with Gasteiger partial charge in [0, 0.05) is 22.1 Å². The van der Waals surface area contributed by atoms with Crippen LogP contribution in [-0.2, 0) is 0 Å². The van der Waals surface area contributed by atoms with Gasteiger partial charge in [-0.15, -0.1) is 0 Å². The van der Waals surface area contributed by atoms with Crippen molar-refractivity contribution in [3.63, 3.8) is 0 Å². The zero-order valence-corrected chi connectivity index (χ0v) is 13.2. The van der Waals surface area contributed by atoms with E-state index in [0.717, 1.165) is 10.0 Å². The molecular weight excluding hydrogens is 335 g/mol. The van der Waals surface area contributed by atoms with Crippen molar-refractivity contribution >= 4 is 15.9 Å². The Morgan fingerprint density at radius 1 is 1.29 bits per heavy atom. The van der Waals surface area contributed by atoms with Crippen molar-refractivity contribution in [1.29, 1.82) is 5.26 Å². The van der Waals surface area contributed by atoms with Gasteiger partial charge in [0.2, 0.25) is 0 Å². The van der Waals surface area contributed by atoms with Crippen LogP contribution in [0, 0.1) is 17.1 Å². The van der Waals surface area contributed by atoms with Crippen molar-refractivity contribution in [1.82, 2.24) is 5.32 Å². The van der Waals surface area contributed by atoms with Crippen molar-refractivity contribution < 1.29 is 9.13 Å². The average Bonchev–Trinajstić information content (AvgIpc) is 2.48. The van der Waals surface area contributed by atoms with Gasteiger partial charge in [-0.2, -0.15) is 5.26 Å². The van der Waals surface area contributed by atoms with Crippen LogP contribution in [0.1, 0.15) is 24.1 Å². The third-order valence-electron chi connectivity index (χ3n) is 3.16. The molecule has 2 aromatic rings. The van der Waals surface area contributed by atoms with Gasteiger partial charge in [0.1, 0.15) is 23.4 Å². The standard InChI is InChI=1S/C16H14BrFN2O/c1-10(20-2)14-7-12(17)4-6-16(14)21-13-5-3-11(9-19)15(18)8-13/h3-8,10,20H,1-2H3. The van der Waals surface area contributed by atoms with Crippen molar-refractivity contribution in [2.75, 3.05) is 7.05 Å². The molecule has 1 N–H and O–H groups in total. The summed E-state index contributed by atoms with van der Waals surface area (Å²) in [6, 6.07) is 11.7. The summed E-state index contributed by atoms with van der Waals surface area (Å²) in [5.41, 5.74) is 0.957. The van der Waals surface area contributed by atoms with E-state index in [1.54, 1.807) is 12.1 Å². The van der Waals surface area contributed by atoms with Crippen molar-refractivity contribution in [3.05, 3.63) is 57.8 Å². The minimum atomic E-state index is -0.588. The summed E-state index contributed by atoms with van der Waals surface area (Å²) in [6.45, 7) is 2.01. The van der Waals surface area contributed by atoms with Crippen molar-refractivity contribution in [2.45, 2.75) is 13.0 Å². The first kappa shape index (κ1) is 15.5. The van der Waals surface area contributed by atoms with Gasteiger partial charge in [0.25, 0.3) is 0 Å². The van der Waals surface area contributed by atoms with Gasteiger partial charge in [-0.3, -0.25) is 0 Å². The van der Waals surface area contributed by atoms with Gasteiger partial charge in [0.05, 0.1) is 5.56 Å². The summed E-state index contributed by atoms with van der Waals surface area (Å²) in [4.78, 5) is 0. The monoisotopic (exact) mass is 348 g/mol. The van der Waals surface area contributed by atoms with Gasteiger partial charge in [-0.1, -0.05) is 15.9 Å². The summed E-state index contributed by atoms with van der Waals surface area (Å²) < 4.78 is 20.3. The molecular formula is C16H14BrFN2O. The van der Waals surface area contributed by atoms with Crippen LogP contribution in [0.2, 0.25) is 0 Å². The second-order valence-electron chi connectivity index (χ2n) is 4.55. The van der Waals surface area contributed by atoms with E-state index in [-0.39, 0.29) is 11.6 Å². The molecule has 0 spiro atoms. The lowest BCUT2D eigenvalue weighted by Gasteiger charge is -2.17. The quantitative estimate of drug-likeness (QED) is 0.882. The molecule has 0 bridgehead atoms. The topological polar surface area (TPSA) is 45.0 Å². The molecule has 0 saturated heterocycles. The Bertz CT molecular complexity index is 697. The molecule has 2 rings (SSSR count). The van der Waals surface area contributed by atoms with E-state index in [0.29, 0.717) is 11.5 Å². The predicted octanol–water partition coefficient (Wildman–Crippen LogP) is 4.53. The zero-order chi connectivity index (χ0) is 15.4. The third kappa shape index (κ3) is 3.60. The Labute approximate surface area is 131 Å². The van der Waals surface area contributed by atoms with Crippen molar-refractivity contribution in [2.24, 2.45) is 0 Å². The van der Waals surface area contributed by atoms with Crippen LogP contribution in [0.5, 0.6) is 11.5 Å². The SMILES string of the molecule is CNC(C)c1cc(Br)ccc1Oc1ccc(C#N)c(F)c1. The Morgan fingerprint density at radius 2 is 2.05 bits per heavy atom. The average molecular weight is 349 g/mol. The molecule has 21 heavy (non-hydrogen) atoms. The summed E-state index contributed by atoms with van der Waals surface area (Å²) >= 11 is 3.43. The number of nitriles is 1. The minimum absolute atomic E-state index is 0.00183. The summed E-state index contributed by atoms with van der Waals surface area (Å²) in [5, 5.41) is 11.9. The maximum atomic E-state index is 13.6. The van der Waals surface area contributed by atoms with Crippen LogP contribution >= 0.6 is 15.9 Å². The van der Waals surface area contributed by atoms with Crippen LogP contribution in [-0.4, -0.2) is 7.05 Å². The van der Waals surface area contributed by atoms with E-state index < -0.39 is 5.82 Å². The number of rotatable bonds is 4. The van der Waals surface area contributed by atoms with E-state index in [9.17, 15) is 4.39 Å². The molecule has 3 nitrogen and oxygen atoms in total. The van der Waals surface area contributed by atoms with Crippen LogP contribution < -0.4 is 10.1 Å². The van der Waals surface area contributed by atoms with E-state index in [2.05, 4.69) is 21.2 Å². The molecule has 0 aliphatic rings. The molecule has 2 aromatic carbocycles. The molecule has 0 fully saturated rings. The molecule has 0 amide bonds. The Hall–Kier alpha value is -1.90. The fourth-order valence-electron chi connectivity index (χ4n) is 1.88. The normalized spacial score (nSPS) is 11.8. The molecule has 1 atom stereocenters. The molecule has 0 heterocycles. The van der Waals surface area contributed by atoms with E-state index in [4.69, 9.17) is 10.00 Å². The van der Waals surface area contributed by atoms with Gasteiger partial charge in [-0.05, 0) is 44.3 Å². The number of ether oxygens (including phenoxy) is 1. The molecule has 0 saturated carbocycles. The molecule has 0 radical (unpaired) electrons. The minimum Gasteiger partial charge on any atom is -0.457 e. The van der Waals surface area contributed by atoms with Crippen LogP contribution in [0.25, 0.3) is 0 Å². The molecule has 0 aromatic heterocycles. The fraction of sp³-hybridized carbons (Fsp3) is 0.188. The predicted molar refractivity (Wildman–Crippen MR) is 82.8 cm³/mol. The fourth-order valence-corrected chi connectivity index (χ4v) is 2.26. The maximum absolute atomic E-state index is 13.6. The zero-order valence-electron chi connectivity index (χ0n) is 11.7. The van der Waals surface area contributed by atoms with E-state index in [1.165, 1.54) is 12.1 Å². The highest BCUT2D eigenvalue weighted by molar-refractivity contribution is 9.10. The summed E-state index contributed by atoms with van der Waals surface area (Å²) in [6.07, 6.45) is 0. The largest absolute Gasteiger partial charge is 0.457 e. The van der Waals surface area contributed by atoms with Crippen LogP contribution in [0.4, 0.5) is 4.39 Å². The summed E-state index contributed by atoms with van der Waals surface area (Å²) in [5.74, 6) is 0.415. The molecule has 1 unspecified atom stereocenters. The lowest BCUT2D eigenvalue weighted by atomic mass is 10.1. The second kappa shape index (κ2) is 6.70. The Kier molecular flexibility index (Phi) is 4.94. The number of hydrogen-bond donors (Lipinski definition) is 1. The lowest BCUT2D eigenvalue weighted by Crippen LogP contribution is -2.13. The number of benzene rings is 2. The van der Waals surface area contributed by atoms with Crippen LogP contribution in [0.15, 0.2) is 40.9 Å². The third-order valence-corrected chi connectivity index (χ3v) is 3.65. The molecule has 108 valence electrons. The Balaban J connectivity index is 2.35. The Morgan fingerprint density at radius 3 is 2.67 bits per heavy atom. The number of nitrogens with one attached hydrogen (secondary N) is 1. The van der Waals surface area contributed by atoms with Gasteiger partial charge in [0.15, 0.2) is 0 Å². The number of halogens is 2. The lowest BCUT2D eigenvalue weighted by molar-refractivity contribution is 0.461. The van der Waals surface area contributed by atoms with Crippen LogP contribution in [0.3, 0.4) is 0 Å². The first-order valence-electron chi connectivity index (χ1n) is 6.39.